The van der Waals surface area contributed by atoms with Crippen LogP contribution in [-0.4, -0.2) is 30.4 Å². The molecule has 2 aromatic rings. The van der Waals surface area contributed by atoms with Crippen molar-refractivity contribution in [1.82, 2.24) is 4.90 Å². The van der Waals surface area contributed by atoms with Crippen molar-refractivity contribution in [2.75, 3.05) is 19.0 Å². The number of hydrogen-bond donors (Lipinski definition) is 1. The Hall–Kier alpha value is -2.53. The van der Waals surface area contributed by atoms with Crippen LogP contribution in [0.15, 0.2) is 36.4 Å². The highest BCUT2D eigenvalue weighted by Crippen LogP contribution is 2.32. The number of rotatable bonds is 5. The molecule has 0 aromatic heterocycles. The molecule has 1 heterocycles. The van der Waals surface area contributed by atoms with Crippen molar-refractivity contribution in [1.29, 1.82) is 0 Å². The van der Waals surface area contributed by atoms with E-state index in [1.165, 1.54) is 7.11 Å². The number of carbonyl (C=O) groups excluding carboxylic acids is 2. The molecule has 1 N–H and O–H groups in total. The van der Waals surface area contributed by atoms with Gasteiger partial charge in [-0.3, -0.25) is 9.59 Å². The minimum atomic E-state index is -0.386. The average Bonchev–Trinajstić information content (AvgIpc) is 2.98. The molecule has 1 saturated heterocycles. The fraction of sp³-hybridized carbons (Fsp3) is 0.333. The second-order valence-electron chi connectivity index (χ2n) is 6.96. The Morgan fingerprint density at radius 1 is 1.30 bits per heavy atom. The van der Waals surface area contributed by atoms with E-state index in [4.69, 9.17) is 16.3 Å². The van der Waals surface area contributed by atoms with Gasteiger partial charge in [0.2, 0.25) is 11.8 Å². The fourth-order valence-electron chi connectivity index (χ4n) is 3.30. The monoisotopic (exact) mass is 386 g/mol. The normalized spacial score (nSPS) is 16.5. The van der Waals surface area contributed by atoms with Crippen LogP contribution in [0.3, 0.4) is 0 Å². The first-order chi connectivity index (χ1) is 12.9. The second kappa shape index (κ2) is 8.01. The molecule has 3 rings (SSSR count). The molecule has 5 nitrogen and oxygen atoms in total. The van der Waals surface area contributed by atoms with Crippen molar-refractivity contribution >= 4 is 29.1 Å². The SMILES string of the molecule is COc1cc(Cl)c(C)cc1NC(=O)C1CC(=O)N(Cc2cccc(C)c2)C1. The van der Waals surface area contributed by atoms with E-state index in [0.29, 0.717) is 29.5 Å². The molecule has 27 heavy (non-hydrogen) atoms. The number of aryl methyl sites for hydroxylation is 2. The van der Waals surface area contributed by atoms with Gasteiger partial charge in [0, 0.05) is 30.6 Å². The Labute approximate surface area is 164 Å². The number of amides is 2. The maximum absolute atomic E-state index is 12.7. The third kappa shape index (κ3) is 4.42. The molecular weight excluding hydrogens is 364 g/mol. The van der Waals surface area contributed by atoms with E-state index >= 15 is 0 Å². The zero-order valence-electron chi connectivity index (χ0n) is 15.7. The Kier molecular flexibility index (Phi) is 5.71. The van der Waals surface area contributed by atoms with Crippen molar-refractivity contribution in [3.05, 3.63) is 58.1 Å². The fourth-order valence-corrected chi connectivity index (χ4v) is 3.45. The minimum absolute atomic E-state index is 0.00379. The van der Waals surface area contributed by atoms with Crippen molar-refractivity contribution in [3.8, 4) is 5.75 Å². The molecule has 0 aliphatic carbocycles. The van der Waals surface area contributed by atoms with E-state index in [9.17, 15) is 9.59 Å². The van der Waals surface area contributed by atoms with E-state index in [1.807, 2.05) is 32.0 Å². The highest BCUT2D eigenvalue weighted by atomic mass is 35.5. The summed E-state index contributed by atoms with van der Waals surface area (Å²) in [5.74, 6) is -0.0751. The standard InChI is InChI=1S/C21H23ClN2O3/c1-13-5-4-6-15(7-13)11-24-12-16(9-20(24)25)21(26)23-18-8-14(2)17(22)10-19(18)27-3/h4-8,10,16H,9,11-12H2,1-3H3,(H,23,26). The van der Waals surface area contributed by atoms with Crippen LogP contribution >= 0.6 is 11.6 Å². The van der Waals surface area contributed by atoms with Crippen LogP contribution in [0.5, 0.6) is 5.75 Å². The summed E-state index contributed by atoms with van der Waals surface area (Å²) in [6.07, 6.45) is 0.215. The zero-order valence-corrected chi connectivity index (χ0v) is 16.5. The number of ether oxygens (including phenoxy) is 1. The van der Waals surface area contributed by atoms with Gasteiger partial charge in [0.15, 0.2) is 0 Å². The van der Waals surface area contributed by atoms with Crippen LogP contribution in [0, 0.1) is 19.8 Å². The van der Waals surface area contributed by atoms with Gasteiger partial charge in [0.1, 0.15) is 5.75 Å². The number of anilines is 1. The van der Waals surface area contributed by atoms with Crippen molar-refractivity contribution in [3.63, 3.8) is 0 Å². The molecule has 0 bridgehead atoms. The molecule has 0 radical (unpaired) electrons. The second-order valence-corrected chi connectivity index (χ2v) is 7.36. The van der Waals surface area contributed by atoms with Crippen LogP contribution in [0.25, 0.3) is 0 Å². The number of methoxy groups -OCH3 is 1. The molecule has 1 fully saturated rings. The van der Waals surface area contributed by atoms with Crippen LogP contribution in [-0.2, 0) is 16.1 Å². The third-order valence-electron chi connectivity index (χ3n) is 4.78. The number of halogens is 1. The van der Waals surface area contributed by atoms with Gasteiger partial charge >= 0.3 is 0 Å². The molecule has 0 saturated carbocycles. The summed E-state index contributed by atoms with van der Waals surface area (Å²) in [5.41, 5.74) is 3.63. The van der Waals surface area contributed by atoms with Gasteiger partial charge in [-0.05, 0) is 31.0 Å². The first-order valence-electron chi connectivity index (χ1n) is 8.85. The number of likely N-dealkylation sites (tertiary alicyclic amines) is 1. The lowest BCUT2D eigenvalue weighted by Gasteiger charge is -2.17. The zero-order chi connectivity index (χ0) is 19.6. The lowest BCUT2D eigenvalue weighted by molar-refractivity contribution is -0.128. The number of hydrogen-bond acceptors (Lipinski definition) is 3. The van der Waals surface area contributed by atoms with Crippen LogP contribution in [0.1, 0.15) is 23.1 Å². The van der Waals surface area contributed by atoms with E-state index in [1.54, 1.807) is 17.0 Å². The number of carbonyl (C=O) groups is 2. The van der Waals surface area contributed by atoms with Crippen LogP contribution in [0.2, 0.25) is 5.02 Å². The quantitative estimate of drug-likeness (QED) is 0.846. The summed E-state index contributed by atoms with van der Waals surface area (Å²) in [6, 6.07) is 11.5. The number of nitrogens with zero attached hydrogens (tertiary/aromatic N) is 1. The van der Waals surface area contributed by atoms with Crippen molar-refractivity contribution in [2.45, 2.75) is 26.8 Å². The number of benzene rings is 2. The lowest BCUT2D eigenvalue weighted by atomic mass is 10.1. The molecular formula is C21H23ClN2O3. The third-order valence-corrected chi connectivity index (χ3v) is 5.19. The van der Waals surface area contributed by atoms with E-state index < -0.39 is 0 Å². The highest BCUT2D eigenvalue weighted by Gasteiger charge is 2.34. The summed E-state index contributed by atoms with van der Waals surface area (Å²) in [4.78, 5) is 26.8. The molecule has 142 valence electrons. The number of nitrogens with one attached hydrogen (secondary N) is 1. The lowest BCUT2D eigenvalue weighted by Crippen LogP contribution is -2.28. The van der Waals surface area contributed by atoms with Gasteiger partial charge in [0.25, 0.3) is 0 Å². The van der Waals surface area contributed by atoms with Gasteiger partial charge < -0.3 is 15.0 Å². The van der Waals surface area contributed by atoms with Crippen molar-refractivity contribution in [2.24, 2.45) is 5.92 Å². The van der Waals surface area contributed by atoms with Gasteiger partial charge in [-0.1, -0.05) is 41.4 Å². The molecule has 1 aliphatic rings. The molecule has 6 heteroatoms. The highest BCUT2D eigenvalue weighted by molar-refractivity contribution is 6.31. The van der Waals surface area contributed by atoms with Gasteiger partial charge in [0.05, 0.1) is 18.7 Å². The Balaban J connectivity index is 1.68. The smallest absolute Gasteiger partial charge is 0.229 e. The topological polar surface area (TPSA) is 58.6 Å². The van der Waals surface area contributed by atoms with E-state index in [2.05, 4.69) is 11.4 Å². The molecule has 2 aromatic carbocycles. The Morgan fingerprint density at radius 3 is 2.78 bits per heavy atom. The van der Waals surface area contributed by atoms with Crippen LogP contribution in [0.4, 0.5) is 5.69 Å². The largest absolute Gasteiger partial charge is 0.495 e. The summed E-state index contributed by atoms with van der Waals surface area (Å²) < 4.78 is 5.30. The predicted octanol–water partition coefficient (Wildman–Crippen LogP) is 3.95. The molecule has 1 unspecified atom stereocenters. The molecule has 1 aliphatic heterocycles. The van der Waals surface area contributed by atoms with Crippen molar-refractivity contribution < 1.29 is 14.3 Å². The summed E-state index contributed by atoms with van der Waals surface area (Å²) in [7, 11) is 1.53. The Bertz CT molecular complexity index is 882. The molecule has 0 spiro atoms. The predicted molar refractivity (Wildman–Crippen MR) is 106 cm³/mol. The summed E-state index contributed by atoms with van der Waals surface area (Å²) in [5, 5.41) is 3.46. The minimum Gasteiger partial charge on any atom is -0.495 e. The summed E-state index contributed by atoms with van der Waals surface area (Å²) >= 11 is 6.11. The maximum atomic E-state index is 12.7. The van der Waals surface area contributed by atoms with Gasteiger partial charge in [-0.25, -0.2) is 0 Å². The molecule has 2 amide bonds. The maximum Gasteiger partial charge on any atom is 0.229 e. The summed E-state index contributed by atoms with van der Waals surface area (Å²) in [6.45, 7) is 4.81. The first-order valence-corrected chi connectivity index (χ1v) is 9.23. The molecule has 1 atom stereocenters. The van der Waals surface area contributed by atoms with E-state index in [-0.39, 0.29) is 24.2 Å². The Morgan fingerprint density at radius 2 is 2.07 bits per heavy atom. The van der Waals surface area contributed by atoms with E-state index in [0.717, 1.165) is 16.7 Å². The van der Waals surface area contributed by atoms with Gasteiger partial charge in [-0.2, -0.15) is 0 Å². The van der Waals surface area contributed by atoms with Gasteiger partial charge in [-0.15, -0.1) is 0 Å². The average molecular weight is 387 g/mol. The first kappa shape index (κ1) is 19.2. The van der Waals surface area contributed by atoms with Crippen LogP contribution < -0.4 is 10.1 Å².